The van der Waals surface area contributed by atoms with Crippen molar-refractivity contribution in [3.05, 3.63) is 30.3 Å². The number of para-hydroxylation sites is 1. The normalized spacial score (nSPS) is 21.9. The van der Waals surface area contributed by atoms with E-state index in [2.05, 4.69) is 4.90 Å². The second-order valence-corrected chi connectivity index (χ2v) is 6.55. The molecule has 1 heterocycles. The third kappa shape index (κ3) is 5.84. The first-order valence-corrected chi connectivity index (χ1v) is 8.31. The Morgan fingerprint density at radius 2 is 2.09 bits per heavy atom. The van der Waals surface area contributed by atoms with Crippen molar-refractivity contribution in [1.29, 1.82) is 0 Å². The molecular formula is C18H28N2O3. The molecular weight excluding hydrogens is 292 g/mol. The van der Waals surface area contributed by atoms with Crippen LogP contribution < -0.4 is 4.74 Å². The van der Waals surface area contributed by atoms with Crippen molar-refractivity contribution >= 4 is 5.91 Å². The summed E-state index contributed by atoms with van der Waals surface area (Å²) in [6.07, 6.45) is 2.65. The van der Waals surface area contributed by atoms with Crippen LogP contribution in [0.3, 0.4) is 0 Å². The van der Waals surface area contributed by atoms with Gasteiger partial charge in [-0.1, -0.05) is 18.2 Å². The Bertz CT molecular complexity index is 492. The van der Waals surface area contributed by atoms with Gasteiger partial charge >= 0.3 is 0 Å². The Kier molecular flexibility index (Phi) is 6.42. The Hall–Kier alpha value is -1.59. The van der Waals surface area contributed by atoms with Crippen LogP contribution in [0.15, 0.2) is 30.3 Å². The number of carbonyl (C=O) groups excluding carboxylic acids is 1. The van der Waals surface area contributed by atoms with Gasteiger partial charge in [0, 0.05) is 33.6 Å². The number of hydrogen-bond donors (Lipinski definition) is 1. The number of piperidine rings is 1. The summed E-state index contributed by atoms with van der Waals surface area (Å²) >= 11 is 0. The smallest absolute Gasteiger partial charge is 0.222 e. The summed E-state index contributed by atoms with van der Waals surface area (Å²) in [5.74, 6) is 0.944. The van der Waals surface area contributed by atoms with E-state index in [0.29, 0.717) is 26.0 Å². The number of β-amino-alcohol motifs (C(OH)–C–C–N with tert-alkyl or cyclic N) is 1. The standard InChI is InChI=1S/C18H28N2O3/c1-19(2)17(21)9-11-18(22)10-6-12-20(15-18)13-14-23-16-7-4-3-5-8-16/h3-5,7-8,22H,6,9-15H2,1-2H3/t18-/m1/s1. The molecule has 5 nitrogen and oxygen atoms in total. The molecule has 1 N–H and O–H groups in total. The van der Waals surface area contributed by atoms with Crippen LogP contribution in [0, 0.1) is 0 Å². The molecule has 1 aromatic carbocycles. The topological polar surface area (TPSA) is 53.0 Å². The molecule has 1 aromatic rings. The molecule has 1 fully saturated rings. The third-order valence-corrected chi connectivity index (χ3v) is 4.36. The maximum atomic E-state index is 11.7. The van der Waals surface area contributed by atoms with Gasteiger partial charge < -0.3 is 14.7 Å². The van der Waals surface area contributed by atoms with Gasteiger partial charge in [0.25, 0.3) is 0 Å². The highest BCUT2D eigenvalue weighted by molar-refractivity contribution is 5.75. The van der Waals surface area contributed by atoms with Crippen LogP contribution in [0.4, 0.5) is 0 Å². The Morgan fingerprint density at radius 1 is 1.35 bits per heavy atom. The predicted octanol–water partition coefficient (Wildman–Crippen LogP) is 1.76. The number of nitrogens with zero attached hydrogens (tertiary/aromatic N) is 2. The zero-order valence-electron chi connectivity index (χ0n) is 14.2. The molecule has 2 rings (SSSR count). The number of aliphatic hydroxyl groups is 1. The van der Waals surface area contributed by atoms with E-state index in [0.717, 1.165) is 31.7 Å². The van der Waals surface area contributed by atoms with Gasteiger partial charge in [-0.15, -0.1) is 0 Å². The van der Waals surface area contributed by atoms with E-state index in [-0.39, 0.29) is 5.91 Å². The number of rotatable bonds is 7. The molecule has 5 heteroatoms. The molecule has 1 saturated heterocycles. The van der Waals surface area contributed by atoms with Crippen LogP contribution in [0.2, 0.25) is 0 Å². The summed E-state index contributed by atoms with van der Waals surface area (Å²) in [5, 5.41) is 10.7. The molecule has 0 aliphatic carbocycles. The van der Waals surface area contributed by atoms with Crippen molar-refractivity contribution in [3.63, 3.8) is 0 Å². The van der Waals surface area contributed by atoms with Gasteiger partial charge in [0.05, 0.1) is 5.60 Å². The van der Waals surface area contributed by atoms with Crippen molar-refractivity contribution < 1.29 is 14.6 Å². The van der Waals surface area contributed by atoms with Gasteiger partial charge in [0.15, 0.2) is 0 Å². The lowest BCUT2D eigenvalue weighted by Gasteiger charge is -2.39. The average Bonchev–Trinajstić information content (AvgIpc) is 2.54. The van der Waals surface area contributed by atoms with Crippen molar-refractivity contribution in [2.45, 2.75) is 31.3 Å². The molecule has 1 aliphatic heterocycles. The second-order valence-electron chi connectivity index (χ2n) is 6.55. The lowest BCUT2D eigenvalue weighted by molar-refractivity contribution is -0.130. The monoisotopic (exact) mass is 320 g/mol. The van der Waals surface area contributed by atoms with Gasteiger partial charge in [-0.05, 0) is 37.9 Å². The fourth-order valence-electron chi connectivity index (χ4n) is 2.97. The predicted molar refractivity (Wildman–Crippen MR) is 90.5 cm³/mol. The van der Waals surface area contributed by atoms with Gasteiger partial charge in [-0.2, -0.15) is 0 Å². The van der Waals surface area contributed by atoms with Gasteiger partial charge in [-0.3, -0.25) is 9.69 Å². The van der Waals surface area contributed by atoms with Gasteiger partial charge in [0.1, 0.15) is 12.4 Å². The van der Waals surface area contributed by atoms with Crippen LogP contribution >= 0.6 is 0 Å². The van der Waals surface area contributed by atoms with Crippen molar-refractivity contribution in [2.24, 2.45) is 0 Å². The van der Waals surface area contributed by atoms with E-state index in [1.165, 1.54) is 0 Å². The second kappa shape index (κ2) is 8.31. The minimum atomic E-state index is -0.753. The van der Waals surface area contributed by atoms with Crippen LogP contribution in [0.5, 0.6) is 5.75 Å². The first-order valence-electron chi connectivity index (χ1n) is 8.31. The number of likely N-dealkylation sites (tertiary alicyclic amines) is 1. The molecule has 1 amide bonds. The molecule has 0 aromatic heterocycles. The summed E-state index contributed by atoms with van der Waals surface area (Å²) in [5.41, 5.74) is -0.753. The summed E-state index contributed by atoms with van der Waals surface area (Å²) < 4.78 is 5.72. The zero-order chi connectivity index (χ0) is 16.7. The molecule has 128 valence electrons. The molecule has 0 bridgehead atoms. The first kappa shape index (κ1) is 17.8. The van der Waals surface area contributed by atoms with Gasteiger partial charge in [0.2, 0.25) is 5.91 Å². The zero-order valence-corrected chi connectivity index (χ0v) is 14.2. The van der Waals surface area contributed by atoms with Crippen molar-refractivity contribution in [1.82, 2.24) is 9.80 Å². The molecule has 0 spiro atoms. The lowest BCUT2D eigenvalue weighted by atomic mass is 9.88. The molecule has 1 atom stereocenters. The maximum absolute atomic E-state index is 11.7. The number of ether oxygens (including phenoxy) is 1. The van der Waals surface area contributed by atoms with E-state index in [1.807, 2.05) is 30.3 Å². The summed E-state index contributed by atoms with van der Waals surface area (Å²) in [4.78, 5) is 15.5. The number of hydrogen-bond acceptors (Lipinski definition) is 4. The van der Waals surface area contributed by atoms with Crippen LogP contribution in [-0.2, 0) is 4.79 Å². The Balaban J connectivity index is 1.75. The minimum absolute atomic E-state index is 0.0722. The van der Waals surface area contributed by atoms with Gasteiger partial charge in [-0.25, -0.2) is 0 Å². The molecule has 23 heavy (non-hydrogen) atoms. The van der Waals surface area contributed by atoms with Crippen molar-refractivity contribution in [2.75, 3.05) is 40.3 Å². The van der Waals surface area contributed by atoms with E-state index in [9.17, 15) is 9.90 Å². The highest BCUT2D eigenvalue weighted by Crippen LogP contribution is 2.26. The quantitative estimate of drug-likeness (QED) is 0.832. The summed E-state index contributed by atoms with van der Waals surface area (Å²) in [7, 11) is 3.50. The number of carbonyl (C=O) groups is 1. The Labute approximate surface area is 138 Å². The van der Waals surface area contributed by atoms with Crippen LogP contribution in [0.25, 0.3) is 0 Å². The highest BCUT2D eigenvalue weighted by Gasteiger charge is 2.33. The molecule has 0 saturated carbocycles. The minimum Gasteiger partial charge on any atom is -0.492 e. The molecule has 1 aliphatic rings. The lowest BCUT2D eigenvalue weighted by Crippen LogP contribution is -2.49. The Morgan fingerprint density at radius 3 is 2.78 bits per heavy atom. The number of benzene rings is 1. The number of amides is 1. The fraction of sp³-hybridized carbons (Fsp3) is 0.611. The molecule has 0 radical (unpaired) electrons. The largest absolute Gasteiger partial charge is 0.492 e. The highest BCUT2D eigenvalue weighted by atomic mass is 16.5. The average molecular weight is 320 g/mol. The molecule has 0 unspecified atom stereocenters. The SMILES string of the molecule is CN(C)C(=O)CC[C@]1(O)CCCN(CCOc2ccccc2)C1. The van der Waals surface area contributed by atoms with Crippen LogP contribution in [0.1, 0.15) is 25.7 Å². The van der Waals surface area contributed by atoms with E-state index < -0.39 is 5.60 Å². The summed E-state index contributed by atoms with van der Waals surface area (Å²) in [6.45, 7) is 2.99. The van der Waals surface area contributed by atoms with Crippen LogP contribution in [-0.4, -0.2) is 66.8 Å². The van der Waals surface area contributed by atoms with Crippen molar-refractivity contribution in [3.8, 4) is 5.75 Å². The maximum Gasteiger partial charge on any atom is 0.222 e. The fourth-order valence-corrected chi connectivity index (χ4v) is 2.97. The first-order chi connectivity index (χ1) is 11.0. The van der Waals surface area contributed by atoms with E-state index >= 15 is 0 Å². The van der Waals surface area contributed by atoms with E-state index in [4.69, 9.17) is 4.74 Å². The van der Waals surface area contributed by atoms with E-state index in [1.54, 1.807) is 19.0 Å². The summed E-state index contributed by atoms with van der Waals surface area (Å²) in [6, 6.07) is 9.76. The third-order valence-electron chi connectivity index (χ3n) is 4.36.